The highest BCUT2D eigenvalue weighted by atomic mass is 16.5. The van der Waals surface area contributed by atoms with E-state index >= 15 is 0 Å². The van der Waals surface area contributed by atoms with Crippen LogP contribution in [0.5, 0.6) is 0 Å². The molecule has 1 aromatic rings. The molecule has 2 heterocycles. The van der Waals surface area contributed by atoms with E-state index < -0.39 is 0 Å². The van der Waals surface area contributed by atoms with Gasteiger partial charge in [-0.2, -0.15) is 0 Å². The molecule has 6 heteroatoms. The Morgan fingerprint density at radius 3 is 2.63 bits per heavy atom. The number of piperidine rings is 1. The van der Waals surface area contributed by atoms with Crippen molar-refractivity contribution in [3.63, 3.8) is 0 Å². The molecule has 148 valence electrons. The topological polar surface area (TPSA) is 70.7 Å². The van der Waals surface area contributed by atoms with Gasteiger partial charge in [-0.3, -0.25) is 4.79 Å². The molecule has 6 nitrogen and oxygen atoms in total. The normalized spacial score (nSPS) is 21.0. The van der Waals surface area contributed by atoms with Gasteiger partial charge in [-0.15, -0.1) is 0 Å². The Morgan fingerprint density at radius 1 is 1.26 bits per heavy atom. The van der Waals surface area contributed by atoms with E-state index in [9.17, 15) is 9.59 Å². The van der Waals surface area contributed by atoms with Crippen LogP contribution in [0.1, 0.15) is 51.2 Å². The van der Waals surface area contributed by atoms with Gasteiger partial charge in [-0.1, -0.05) is 24.3 Å². The van der Waals surface area contributed by atoms with E-state index in [1.807, 2.05) is 18.7 Å². The van der Waals surface area contributed by atoms with Crippen LogP contribution in [0.25, 0.3) is 0 Å². The summed E-state index contributed by atoms with van der Waals surface area (Å²) in [5.41, 5.74) is 2.27. The van der Waals surface area contributed by atoms with Crippen molar-refractivity contribution in [1.29, 1.82) is 0 Å². The quantitative estimate of drug-likeness (QED) is 0.852. The van der Waals surface area contributed by atoms with E-state index in [4.69, 9.17) is 4.74 Å². The van der Waals surface area contributed by atoms with E-state index in [1.165, 1.54) is 18.1 Å². The number of nitrogens with one attached hydrogen (secondary N) is 2. The van der Waals surface area contributed by atoms with Crippen LogP contribution < -0.4 is 10.6 Å². The first-order valence-electron chi connectivity index (χ1n) is 9.96. The lowest BCUT2D eigenvalue weighted by Crippen LogP contribution is -2.53. The van der Waals surface area contributed by atoms with Crippen molar-refractivity contribution in [1.82, 2.24) is 15.5 Å². The molecule has 0 aliphatic carbocycles. The Morgan fingerprint density at radius 2 is 1.96 bits per heavy atom. The summed E-state index contributed by atoms with van der Waals surface area (Å²) in [6.45, 7) is 7.49. The predicted octanol–water partition coefficient (Wildman–Crippen LogP) is 2.56. The molecule has 1 spiro atoms. The molecule has 27 heavy (non-hydrogen) atoms. The number of amides is 3. The molecule has 2 aliphatic heterocycles. The van der Waals surface area contributed by atoms with Gasteiger partial charge >= 0.3 is 6.03 Å². The molecule has 1 atom stereocenters. The monoisotopic (exact) mass is 373 g/mol. The Labute approximate surface area is 161 Å². The SMILES string of the molecule is CC(=O)NCCC1Cc2ccccc2C2(CCN(C(=O)NC(C)C)CC2)O1. The van der Waals surface area contributed by atoms with Gasteiger partial charge in [-0.05, 0) is 50.7 Å². The summed E-state index contributed by atoms with van der Waals surface area (Å²) in [7, 11) is 0. The first kappa shape index (κ1) is 19.7. The zero-order valence-corrected chi connectivity index (χ0v) is 16.6. The summed E-state index contributed by atoms with van der Waals surface area (Å²) in [5, 5.41) is 5.84. The number of benzene rings is 1. The van der Waals surface area contributed by atoms with Gasteiger partial charge in [-0.25, -0.2) is 4.79 Å². The van der Waals surface area contributed by atoms with Crippen molar-refractivity contribution < 1.29 is 14.3 Å². The van der Waals surface area contributed by atoms with Gasteiger partial charge < -0.3 is 20.3 Å². The smallest absolute Gasteiger partial charge is 0.317 e. The number of carbonyl (C=O) groups is 2. The van der Waals surface area contributed by atoms with Crippen LogP contribution in [0.3, 0.4) is 0 Å². The number of carbonyl (C=O) groups excluding carboxylic acids is 2. The van der Waals surface area contributed by atoms with Crippen LogP contribution in [0, 0.1) is 0 Å². The zero-order valence-electron chi connectivity index (χ0n) is 16.6. The molecule has 0 aromatic heterocycles. The number of rotatable bonds is 4. The van der Waals surface area contributed by atoms with Crippen molar-refractivity contribution in [3.05, 3.63) is 35.4 Å². The van der Waals surface area contributed by atoms with Crippen molar-refractivity contribution >= 4 is 11.9 Å². The van der Waals surface area contributed by atoms with Crippen LogP contribution in [-0.4, -0.2) is 48.6 Å². The Bertz CT molecular complexity index is 681. The summed E-state index contributed by atoms with van der Waals surface area (Å²) in [5.74, 6) is -0.00889. The molecule has 3 amide bonds. The van der Waals surface area contributed by atoms with Gasteiger partial charge in [0.2, 0.25) is 5.91 Å². The third-order valence-corrected chi connectivity index (χ3v) is 5.46. The van der Waals surface area contributed by atoms with E-state index in [-0.39, 0.29) is 29.7 Å². The first-order valence-corrected chi connectivity index (χ1v) is 9.96. The second kappa shape index (κ2) is 8.30. The molecule has 1 saturated heterocycles. The van der Waals surface area contributed by atoms with E-state index in [1.54, 1.807) is 0 Å². The first-order chi connectivity index (χ1) is 12.9. The fraction of sp³-hybridized carbons (Fsp3) is 0.619. The summed E-state index contributed by atoms with van der Waals surface area (Å²) in [4.78, 5) is 25.4. The second-order valence-corrected chi connectivity index (χ2v) is 7.96. The average Bonchev–Trinajstić information content (AvgIpc) is 2.61. The lowest BCUT2D eigenvalue weighted by atomic mass is 9.78. The second-order valence-electron chi connectivity index (χ2n) is 7.96. The number of fused-ring (bicyclic) bond motifs is 2. The van der Waals surface area contributed by atoms with Crippen LogP contribution >= 0.6 is 0 Å². The molecule has 0 saturated carbocycles. The van der Waals surface area contributed by atoms with Gasteiger partial charge in [0.15, 0.2) is 0 Å². The number of ether oxygens (including phenoxy) is 1. The van der Waals surface area contributed by atoms with Gasteiger partial charge in [0, 0.05) is 32.6 Å². The van der Waals surface area contributed by atoms with Crippen LogP contribution in [0.4, 0.5) is 4.79 Å². The average molecular weight is 373 g/mol. The minimum atomic E-state index is -0.329. The number of urea groups is 1. The standard InChI is InChI=1S/C21H31N3O3/c1-15(2)23-20(26)24-12-9-21(10-13-24)19-7-5-4-6-17(19)14-18(27-21)8-11-22-16(3)25/h4-7,15,18H,8-14H2,1-3H3,(H,22,25)(H,23,26). The number of hydrogen-bond acceptors (Lipinski definition) is 3. The van der Waals surface area contributed by atoms with Gasteiger partial charge in [0.25, 0.3) is 0 Å². The van der Waals surface area contributed by atoms with E-state index in [2.05, 4.69) is 34.9 Å². The van der Waals surface area contributed by atoms with Gasteiger partial charge in [0.1, 0.15) is 0 Å². The molecule has 1 fully saturated rings. The molecule has 3 rings (SSSR count). The minimum Gasteiger partial charge on any atom is -0.367 e. The van der Waals surface area contributed by atoms with E-state index in [0.29, 0.717) is 19.6 Å². The Kier molecular flexibility index (Phi) is 6.05. The molecule has 0 bridgehead atoms. The minimum absolute atomic E-state index is 0.00570. The summed E-state index contributed by atoms with van der Waals surface area (Å²) < 4.78 is 6.62. The molecule has 1 unspecified atom stereocenters. The Balaban J connectivity index is 1.71. The van der Waals surface area contributed by atoms with Crippen LogP contribution in [-0.2, 0) is 21.6 Å². The summed E-state index contributed by atoms with van der Waals surface area (Å²) >= 11 is 0. The van der Waals surface area contributed by atoms with Crippen LogP contribution in [0.15, 0.2) is 24.3 Å². The highest BCUT2D eigenvalue weighted by molar-refractivity contribution is 5.74. The molecular weight excluding hydrogens is 342 g/mol. The summed E-state index contributed by atoms with van der Waals surface area (Å²) in [6, 6.07) is 8.64. The maximum absolute atomic E-state index is 12.3. The van der Waals surface area contributed by atoms with Crippen LogP contribution in [0.2, 0.25) is 0 Å². The van der Waals surface area contributed by atoms with Gasteiger partial charge in [0.05, 0.1) is 11.7 Å². The number of likely N-dealkylation sites (tertiary alicyclic amines) is 1. The third-order valence-electron chi connectivity index (χ3n) is 5.46. The van der Waals surface area contributed by atoms with Crippen molar-refractivity contribution in [2.24, 2.45) is 0 Å². The lowest BCUT2D eigenvalue weighted by Gasteiger charge is -2.47. The van der Waals surface area contributed by atoms with Crippen molar-refractivity contribution in [2.45, 2.75) is 64.2 Å². The summed E-state index contributed by atoms with van der Waals surface area (Å²) in [6.07, 6.45) is 3.35. The van der Waals surface area contributed by atoms with Crippen molar-refractivity contribution in [2.75, 3.05) is 19.6 Å². The lowest BCUT2D eigenvalue weighted by molar-refractivity contribution is -0.138. The third kappa shape index (κ3) is 4.61. The zero-order chi connectivity index (χ0) is 19.4. The highest BCUT2D eigenvalue weighted by Gasteiger charge is 2.44. The van der Waals surface area contributed by atoms with E-state index in [0.717, 1.165) is 25.7 Å². The maximum Gasteiger partial charge on any atom is 0.317 e. The molecule has 0 radical (unpaired) electrons. The largest absolute Gasteiger partial charge is 0.367 e. The predicted molar refractivity (Wildman–Crippen MR) is 104 cm³/mol. The molecular formula is C21H31N3O3. The van der Waals surface area contributed by atoms with Crippen molar-refractivity contribution in [3.8, 4) is 0 Å². The number of hydrogen-bond donors (Lipinski definition) is 2. The molecule has 1 aromatic carbocycles. The number of nitrogens with zero attached hydrogens (tertiary/aromatic N) is 1. The Hall–Kier alpha value is -2.08. The molecule has 2 aliphatic rings. The molecule has 2 N–H and O–H groups in total. The fourth-order valence-electron chi connectivity index (χ4n) is 4.18. The maximum atomic E-state index is 12.3. The fourth-order valence-corrected chi connectivity index (χ4v) is 4.18. The highest BCUT2D eigenvalue weighted by Crippen LogP contribution is 2.43.